The summed E-state index contributed by atoms with van der Waals surface area (Å²) in [4.78, 5) is 7.84. The first-order valence-electron chi connectivity index (χ1n) is 1.56. The molecule has 0 bridgehead atoms. The summed E-state index contributed by atoms with van der Waals surface area (Å²) >= 11 is 0. The van der Waals surface area contributed by atoms with Crippen LogP contribution in [0.3, 0.4) is 0 Å². The fourth-order valence-corrected chi connectivity index (χ4v) is 0.331. The van der Waals surface area contributed by atoms with Gasteiger partial charge < -0.3 is 1.43 Å². The van der Waals surface area contributed by atoms with Crippen molar-refractivity contribution in [3.8, 4) is 0 Å². The van der Waals surface area contributed by atoms with E-state index in [-0.39, 0.29) is 52.8 Å². The smallest absolute Gasteiger partial charge is 1.00 e. The van der Waals surface area contributed by atoms with Gasteiger partial charge in [0.15, 0.2) is 0 Å². The summed E-state index contributed by atoms with van der Waals surface area (Å²) in [7, 11) is -2.35. The van der Waals surface area contributed by atoms with E-state index in [2.05, 4.69) is 4.52 Å². The zero-order valence-corrected chi connectivity index (χ0v) is 8.44. The molecule has 0 aliphatic heterocycles. The fourth-order valence-electron chi connectivity index (χ4n) is 0.110. The van der Waals surface area contributed by atoms with Gasteiger partial charge in [-0.3, -0.25) is 0 Å². The summed E-state index contributed by atoms with van der Waals surface area (Å²) in [6, 6.07) is 0. The Balaban J connectivity index is -0.000000125. The Hall–Kier alpha value is 1.66. The van der Waals surface area contributed by atoms with Gasteiger partial charge in [0, 0.05) is 4.57 Å². The van der Waals surface area contributed by atoms with Crippen molar-refractivity contribution >= 4 is 8.25 Å². The van der Waals surface area contributed by atoms with Gasteiger partial charge in [0.1, 0.15) is 6.61 Å². The van der Waals surface area contributed by atoms with Crippen LogP contribution in [0.4, 0.5) is 0 Å². The molecule has 0 aromatic heterocycles. The zero-order valence-electron chi connectivity index (χ0n) is 5.42. The molecule has 0 heterocycles. The topological polar surface area (TPSA) is 46.5 Å². The summed E-state index contributed by atoms with van der Waals surface area (Å²) in [6.07, 6.45) is 0. The van der Waals surface area contributed by atoms with Crippen molar-refractivity contribution in [3.63, 3.8) is 0 Å². The van der Waals surface area contributed by atoms with E-state index < -0.39 is 8.25 Å². The minimum atomic E-state index is -2.35. The Morgan fingerprint density at radius 3 is 2.43 bits per heavy atom. The Kier molecular flexibility index (Phi) is 12.5. The van der Waals surface area contributed by atoms with E-state index in [1.807, 2.05) is 0 Å². The van der Waals surface area contributed by atoms with E-state index >= 15 is 0 Å². The minimum absolute atomic E-state index is 0. The molecule has 0 saturated carbocycles. The quantitative estimate of drug-likeness (QED) is 0.357. The van der Waals surface area contributed by atoms with E-state index in [1.165, 1.54) is 0 Å². The fraction of sp³-hybridized carbons (Fsp3) is 1.00. The molecule has 0 aromatic carbocycles. The SMILES string of the molecule is CCO[P+](=O)O.[H-].[K+]. The van der Waals surface area contributed by atoms with E-state index in [0.29, 0.717) is 6.61 Å². The summed E-state index contributed by atoms with van der Waals surface area (Å²) in [6.45, 7) is 1.95. The predicted molar refractivity (Wildman–Crippen MR) is 22.6 cm³/mol. The van der Waals surface area contributed by atoms with Crippen molar-refractivity contribution in [2.75, 3.05) is 6.61 Å². The van der Waals surface area contributed by atoms with Crippen LogP contribution < -0.4 is 51.4 Å². The van der Waals surface area contributed by atoms with Crippen LogP contribution in [0.25, 0.3) is 0 Å². The molecule has 0 fully saturated rings. The van der Waals surface area contributed by atoms with Gasteiger partial charge in [-0.2, -0.15) is 0 Å². The van der Waals surface area contributed by atoms with Crippen molar-refractivity contribution in [2.45, 2.75) is 6.92 Å². The molecule has 38 valence electrons. The van der Waals surface area contributed by atoms with Crippen LogP contribution in [-0.4, -0.2) is 11.5 Å². The molecule has 0 aliphatic carbocycles. The zero-order chi connectivity index (χ0) is 4.99. The second-order valence-corrected chi connectivity index (χ2v) is 1.39. The van der Waals surface area contributed by atoms with Gasteiger partial charge in [0.25, 0.3) is 0 Å². The van der Waals surface area contributed by atoms with Crippen LogP contribution in [0.5, 0.6) is 0 Å². The molecular formula is C2H7KO3P+. The van der Waals surface area contributed by atoms with Gasteiger partial charge in [0.05, 0.1) is 0 Å². The standard InChI is InChI=1S/C2H5O3P.K.H/c1-2-5-6(3)4;;/h2H2,1H3;;/q;+1;-1/p+1. The van der Waals surface area contributed by atoms with Crippen LogP contribution in [0.15, 0.2) is 0 Å². The summed E-state index contributed by atoms with van der Waals surface area (Å²) in [5.41, 5.74) is 0. The Morgan fingerprint density at radius 1 is 2.00 bits per heavy atom. The van der Waals surface area contributed by atoms with Crippen molar-refractivity contribution in [3.05, 3.63) is 0 Å². The van der Waals surface area contributed by atoms with Gasteiger partial charge >= 0.3 is 59.6 Å². The molecule has 0 spiro atoms. The van der Waals surface area contributed by atoms with Gasteiger partial charge in [-0.05, 0) is 6.92 Å². The van der Waals surface area contributed by atoms with Crippen molar-refractivity contribution in [1.82, 2.24) is 0 Å². The number of rotatable bonds is 2. The second kappa shape index (κ2) is 7.66. The molecule has 5 heteroatoms. The van der Waals surface area contributed by atoms with E-state index in [0.717, 1.165) is 0 Å². The Labute approximate surface area is 87.3 Å². The monoisotopic (exact) mass is 149 g/mol. The molecule has 1 unspecified atom stereocenters. The van der Waals surface area contributed by atoms with Crippen LogP contribution in [0, 0.1) is 0 Å². The van der Waals surface area contributed by atoms with Crippen molar-refractivity contribution < 1.29 is 66.8 Å². The average molecular weight is 149 g/mol. The minimum Gasteiger partial charge on any atom is -1.00 e. The van der Waals surface area contributed by atoms with Crippen LogP contribution in [0.1, 0.15) is 8.35 Å². The van der Waals surface area contributed by atoms with Gasteiger partial charge in [0.2, 0.25) is 0 Å². The summed E-state index contributed by atoms with van der Waals surface area (Å²) < 4.78 is 13.6. The Bertz CT molecular complexity index is 61.2. The average Bonchev–Trinajstić information content (AvgIpc) is 1.35. The molecule has 7 heavy (non-hydrogen) atoms. The van der Waals surface area contributed by atoms with Gasteiger partial charge in [-0.15, -0.1) is 9.42 Å². The first-order valence-corrected chi connectivity index (χ1v) is 2.69. The molecule has 0 amide bonds. The molecule has 1 atom stereocenters. The van der Waals surface area contributed by atoms with E-state index in [9.17, 15) is 4.57 Å². The van der Waals surface area contributed by atoms with E-state index in [4.69, 9.17) is 4.89 Å². The first-order chi connectivity index (χ1) is 2.77. The van der Waals surface area contributed by atoms with Crippen LogP contribution >= 0.6 is 8.25 Å². The van der Waals surface area contributed by atoms with Gasteiger partial charge in [-0.25, -0.2) is 0 Å². The summed E-state index contributed by atoms with van der Waals surface area (Å²) in [5, 5.41) is 0. The maximum absolute atomic E-state index is 9.53. The maximum atomic E-state index is 9.53. The van der Waals surface area contributed by atoms with Crippen molar-refractivity contribution in [1.29, 1.82) is 0 Å². The van der Waals surface area contributed by atoms with Crippen molar-refractivity contribution in [2.24, 2.45) is 0 Å². The molecule has 0 aromatic rings. The third-order valence-corrected chi connectivity index (χ3v) is 0.719. The molecular weight excluding hydrogens is 142 g/mol. The molecule has 0 rings (SSSR count). The number of hydrogen-bond acceptors (Lipinski definition) is 2. The van der Waals surface area contributed by atoms with Crippen LogP contribution in [-0.2, 0) is 9.09 Å². The normalized spacial score (nSPS) is 9.71. The molecule has 0 radical (unpaired) electrons. The van der Waals surface area contributed by atoms with Gasteiger partial charge in [-0.1, -0.05) is 0 Å². The maximum Gasteiger partial charge on any atom is 1.00 e. The van der Waals surface area contributed by atoms with E-state index in [1.54, 1.807) is 6.92 Å². The summed E-state index contributed by atoms with van der Waals surface area (Å²) in [5.74, 6) is 0. The largest absolute Gasteiger partial charge is 1.00 e. The third-order valence-electron chi connectivity index (χ3n) is 0.240. The molecule has 0 aliphatic rings. The first kappa shape index (κ1) is 11.5. The predicted octanol–water partition coefficient (Wildman–Crippen LogP) is -2.21. The molecule has 1 N–H and O–H groups in total. The number of hydrogen-bond donors (Lipinski definition) is 1. The van der Waals surface area contributed by atoms with Crippen LogP contribution in [0.2, 0.25) is 0 Å². The third kappa shape index (κ3) is 11.3. The Morgan fingerprint density at radius 2 is 2.43 bits per heavy atom. The molecule has 3 nitrogen and oxygen atoms in total. The molecule has 0 saturated heterocycles. The second-order valence-electron chi connectivity index (χ2n) is 0.656.